The molecule has 0 atom stereocenters. The van der Waals surface area contributed by atoms with Crippen LogP contribution >= 0.6 is 0 Å². The summed E-state index contributed by atoms with van der Waals surface area (Å²) in [6.45, 7) is 0. The highest BCUT2D eigenvalue weighted by Crippen LogP contribution is 2.40. The molecule has 0 radical (unpaired) electrons. The Morgan fingerprint density at radius 3 is 1.05 bits per heavy atom. The molecule has 2 aromatic heterocycles. The first kappa shape index (κ1) is 32.0. The molecule has 0 saturated carbocycles. The molecule has 2 heteroatoms. The second kappa shape index (κ2) is 13.2. The van der Waals surface area contributed by atoms with Crippen molar-refractivity contribution in [3.05, 3.63) is 218 Å². The Morgan fingerprint density at radius 1 is 0.196 bits per heavy atom. The van der Waals surface area contributed by atoms with Crippen molar-refractivity contribution in [2.45, 2.75) is 0 Å². The first-order valence-electron chi connectivity index (χ1n) is 19.3. The highest BCUT2D eigenvalue weighted by Gasteiger charge is 2.18. The van der Waals surface area contributed by atoms with Gasteiger partial charge in [0.2, 0.25) is 0 Å². The molecule has 11 aromatic rings. The van der Waals surface area contributed by atoms with E-state index in [0.717, 1.165) is 11.4 Å². The van der Waals surface area contributed by atoms with Crippen molar-refractivity contribution in [3.8, 4) is 55.9 Å². The van der Waals surface area contributed by atoms with Crippen molar-refractivity contribution in [3.63, 3.8) is 0 Å². The van der Waals surface area contributed by atoms with Gasteiger partial charge in [0.15, 0.2) is 0 Å². The molecule has 11 rings (SSSR count). The molecule has 2 heterocycles. The number of aromatic nitrogens is 2. The summed E-state index contributed by atoms with van der Waals surface area (Å²) in [7, 11) is 0. The number of rotatable bonds is 6. The van der Waals surface area contributed by atoms with Gasteiger partial charge >= 0.3 is 0 Å². The fourth-order valence-corrected chi connectivity index (χ4v) is 8.67. The average molecular weight is 713 g/mol. The molecule has 0 saturated heterocycles. The summed E-state index contributed by atoms with van der Waals surface area (Å²) >= 11 is 0. The van der Waals surface area contributed by atoms with Crippen molar-refractivity contribution < 1.29 is 0 Å². The van der Waals surface area contributed by atoms with E-state index in [-0.39, 0.29) is 0 Å². The Kier molecular flexibility index (Phi) is 7.53. The summed E-state index contributed by atoms with van der Waals surface area (Å²) in [5, 5.41) is 4.99. The van der Waals surface area contributed by atoms with E-state index in [0.29, 0.717) is 0 Å². The van der Waals surface area contributed by atoms with Gasteiger partial charge in [-0.25, -0.2) is 0 Å². The molecule has 0 unspecified atom stereocenters. The summed E-state index contributed by atoms with van der Waals surface area (Å²) in [6.07, 6.45) is 0. The molecule has 0 aliphatic carbocycles. The van der Waals surface area contributed by atoms with Crippen molar-refractivity contribution in [1.82, 2.24) is 9.13 Å². The molecule has 2 nitrogen and oxygen atoms in total. The lowest BCUT2D eigenvalue weighted by Crippen LogP contribution is -1.97. The second-order valence-electron chi connectivity index (χ2n) is 14.6. The third kappa shape index (κ3) is 5.34. The molecule has 0 aliphatic rings. The number of fused-ring (bicyclic) bond motifs is 6. The zero-order valence-corrected chi connectivity index (χ0v) is 30.7. The van der Waals surface area contributed by atoms with Crippen LogP contribution in [0.15, 0.2) is 218 Å². The van der Waals surface area contributed by atoms with Crippen molar-refractivity contribution >= 4 is 43.6 Å². The topological polar surface area (TPSA) is 9.86 Å². The van der Waals surface area contributed by atoms with Crippen molar-refractivity contribution in [2.24, 2.45) is 0 Å². The number of nitrogens with zero attached hydrogens (tertiary/aromatic N) is 2. The molecule has 0 N–H and O–H groups in total. The van der Waals surface area contributed by atoms with Crippen LogP contribution in [0.25, 0.3) is 99.5 Å². The molecule has 0 aliphatic heterocycles. The normalized spacial score (nSPS) is 11.6. The SMILES string of the molecule is c1ccc(-c2cccc(-c3cc(-c4cccc(-c5ccccc5)c4)cc(-n4c5ccccc5c5cc(-n6c7ccccc7c7ccccc76)ccc54)c3)c2)cc1. The maximum Gasteiger partial charge on any atom is 0.0542 e. The highest BCUT2D eigenvalue weighted by molar-refractivity contribution is 6.12. The molecule has 0 spiro atoms. The van der Waals surface area contributed by atoms with Gasteiger partial charge in [0.05, 0.1) is 22.1 Å². The molecule has 0 bridgehead atoms. The van der Waals surface area contributed by atoms with Gasteiger partial charge in [0.1, 0.15) is 0 Å². The lowest BCUT2D eigenvalue weighted by Gasteiger charge is -2.15. The van der Waals surface area contributed by atoms with E-state index >= 15 is 0 Å². The standard InChI is InChI=1S/C54H36N2/c1-3-15-37(16-4-1)39-19-13-21-41(31-39)43-33-44(42-22-14-20-40(32-42)38-17-5-2-6-18-38)35-46(34-43)56-53-28-12-9-25-49(53)50-36-45(29-30-54(50)56)55-51-26-10-7-23-47(51)48-24-8-11-27-52(48)55/h1-36H. The lowest BCUT2D eigenvalue weighted by molar-refractivity contribution is 1.17. The van der Waals surface area contributed by atoms with Crippen LogP contribution in [0.2, 0.25) is 0 Å². The van der Waals surface area contributed by atoms with E-state index in [4.69, 9.17) is 0 Å². The van der Waals surface area contributed by atoms with E-state index in [2.05, 4.69) is 228 Å². The van der Waals surface area contributed by atoms with Gasteiger partial charge in [0, 0.05) is 32.9 Å². The third-order valence-electron chi connectivity index (χ3n) is 11.3. The van der Waals surface area contributed by atoms with Gasteiger partial charge in [-0.1, -0.05) is 152 Å². The minimum Gasteiger partial charge on any atom is -0.309 e. The largest absolute Gasteiger partial charge is 0.309 e. The fraction of sp³-hybridized carbons (Fsp3) is 0. The second-order valence-corrected chi connectivity index (χ2v) is 14.6. The Balaban J connectivity index is 1.14. The zero-order chi connectivity index (χ0) is 37.0. The minimum atomic E-state index is 1.13. The van der Waals surface area contributed by atoms with Crippen molar-refractivity contribution in [2.75, 3.05) is 0 Å². The lowest BCUT2D eigenvalue weighted by atomic mass is 9.94. The van der Waals surface area contributed by atoms with Crippen LogP contribution in [0.1, 0.15) is 0 Å². The van der Waals surface area contributed by atoms with Crippen LogP contribution in [0.3, 0.4) is 0 Å². The maximum absolute atomic E-state index is 2.45. The van der Waals surface area contributed by atoms with Gasteiger partial charge in [-0.3, -0.25) is 0 Å². The predicted molar refractivity (Wildman–Crippen MR) is 237 cm³/mol. The van der Waals surface area contributed by atoms with Gasteiger partial charge in [-0.05, 0) is 111 Å². The molecule has 9 aromatic carbocycles. The first-order chi connectivity index (χ1) is 27.8. The Morgan fingerprint density at radius 2 is 0.554 bits per heavy atom. The number of hydrogen-bond acceptors (Lipinski definition) is 0. The van der Waals surface area contributed by atoms with E-state index in [9.17, 15) is 0 Å². The van der Waals surface area contributed by atoms with Crippen LogP contribution in [0.4, 0.5) is 0 Å². The first-order valence-corrected chi connectivity index (χ1v) is 19.3. The average Bonchev–Trinajstić information content (AvgIpc) is 3.79. The summed E-state index contributed by atoms with van der Waals surface area (Å²) in [6, 6.07) is 79.5. The smallest absolute Gasteiger partial charge is 0.0542 e. The summed E-state index contributed by atoms with van der Waals surface area (Å²) < 4.78 is 4.86. The van der Waals surface area contributed by atoms with Crippen LogP contribution in [0.5, 0.6) is 0 Å². The van der Waals surface area contributed by atoms with Crippen LogP contribution in [0, 0.1) is 0 Å². The number of benzene rings is 9. The fourth-order valence-electron chi connectivity index (χ4n) is 8.67. The monoisotopic (exact) mass is 712 g/mol. The van der Waals surface area contributed by atoms with Crippen LogP contribution < -0.4 is 0 Å². The number of para-hydroxylation sites is 3. The Bertz CT molecular complexity index is 3080. The zero-order valence-electron chi connectivity index (χ0n) is 30.7. The van der Waals surface area contributed by atoms with E-state index in [1.165, 1.54) is 88.1 Å². The van der Waals surface area contributed by atoms with Gasteiger partial charge in [0.25, 0.3) is 0 Å². The van der Waals surface area contributed by atoms with E-state index in [1.807, 2.05) is 0 Å². The van der Waals surface area contributed by atoms with Crippen LogP contribution in [-0.4, -0.2) is 9.13 Å². The predicted octanol–water partition coefficient (Wildman–Crippen LogP) is 14.5. The molecule has 56 heavy (non-hydrogen) atoms. The molecule has 0 amide bonds. The Labute approximate surface area is 325 Å². The van der Waals surface area contributed by atoms with Crippen LogP contribution in [-0.2, 0) is 0 Å². The highest BCUT2D eigenvalue weighted by atomic mass is 15.0. The maximum atomic E-state index is 2.45. The molecule has 262 valence electrons. The van der Waals surface area contributed by atoms with E-state index < -0.39 is 0 Å². The summed E-state index contributed by atoms with van der Waals surface area (Å²) in [4.78, 5) is 0. The Hall–Kier alpha value is -7.42. The molecule has 0 fully saturated rings. The minimum absolute atomic E-state index is 1.13. The summed E-state index contributed by atoms with van der Waals surface area (Å²) in [5.41, 5.74) is 16.6. The summed E-state index contributed by atoms with van der Waals surface area (Å²) in [5.74, 6) is 0. The third-order valence-corrected chi connectivity index (χ3v) is 11.3. The van der Waals surface area contributed by atoms with Gasteiger partial charge in [-0.2, -0.15) is 0 Å². The van der Waals surface area contributed by atoms with E-state index in [1.54, 1.807) is 0 Å². The number of hydrogen-bond donors (Lipinski definition) is 0. The quantitative estimate of drug-likeness (QED) is 0.162. The molecular weight excluding hydrogens is 677 g/mol. The van der Waals surface area contributed by atoms with Gasteiger partial charge in [-0.15, -0.1) is 0 Å². The van der Waals surface area contributed by atoms with Crippen molar-refractivity contribution in [1.29, 1.82) is 0 Å². The molecular formula is C54H36N2. The van der Waals surface area contributed by atoms with Gasteiger partial charge < -0.3 is 9.13 Å².